The summed E-state index contributed by atoms with van der Waals surface area (Å²) in [6.45, 7) is 3.90. The molecule has 3 atom stereocenters. The lowest BCUT2D eigenvalue weighted by molar-refractivity contribution is -0.139. The smallest absolute Gasteiger partial charge is 0.402 e. The van der Waals surface area contributed by atoms with E-state index in [2.05, 4.69) is 0 Å². The second-order valence-electron chi connectivity index (χ2n) is 6.54. The number of carbonyl (C=O) groups is 1. The van der Waals surface area contributed by atoms with Gasteiger partial charge in [0.25, 0.3) is 0 Å². The molecule has 1 unspecified atom stereocenters. The minimum atomic E-state index is -3.00. The lowest BCUT2D eigenvalue weighted by Gasteiger charge is -2.45. The molecule has 1 fully saturated rings. The molecule has 2 aliphatic rings. The first-order chi connectivity index (χ1) is 11.2. The van der Waals surface area contributed by atoms with Crippen LogP contribution in [0, 0.1) is 0 Å². The van der Waals surface area contributed by atoms with Crippen LogP contribution in [-0.2, 0) is 16.0 Å². The molecule has 3 rings (SSSR count). The Balaban J connectivity index is 2.08. The van der Waals surface area contributed by atoms with Crippen molar-refractivity contribution < 1.29 is 28.0 Å². The van der Waals surface area contributed by atoms with Crippen LogP contribution in [0.4, 0.5) is 8.78 Å². The van der Waals surface area contributed by atoms with Gasteiger partial charge in [-0.2, -0.15) is 8.78 Å². The molecule has 1 aromatic rings. The molecule has 0 bridgehead atoms. The zero-order chi connectivity index (χ0) is 17.6. The Kier molecular flexibility index (Phi) is 4.48. The van der Waals surface area contributed by atoms with Crippen LogP contribution >= 0.6 is 0 Å². The van der Waals surface area contributed by atoms with Gasteiger partial charge in [-0.15, -0.1) is 0 Å². The molecule has 0 aromatic heterocycles. The molecule has 0 spiro atoms. The van der Waals surface area contributed by atoms with Crippen molar-refractivity contribution in [2.45, 2.75) is 55.1 Å². The second kappa shape index (κ2) is 6.16. The summed E-state index contributed by atoms with van der Waals surface area (Å²) in [7, 11) is 0. The molecule has 8 heteroatoms. The minimum Gasteiger partial charge on any atom is -0.607 e. The third kappa shape index (κ3) is 2.87. The van der Waals surface area contributed by atoms with Gasteiger partial charge < -0.3 is 19.3 Å². The number of halogens is 2. The Morgan fingerprint density at radius 1 is 1.46 bits per heavy atom. The molecule has 1 amide bonds. The van der Waals surface area contributed by atoms with E-state index in [1.165, 1.54) is 18.2 Å². The molecule has 0 aliphatic carbocycles. The van der Waals surface area contributed by atoms with E-state index < -0.39 is 34.7 Å². The largest absolute Gasteiger partial charge is 0.607 e. The van der Waals surface area contributed by atoms with Crippen molar-refractivity contribution in [1.29, 1.82) is 0 Å². The van der Waals surface area contributed by atoms with Crippen molar-refractivity contribution in [2.24, 2.45) is 0 Å². The van der Waals surface area contributed by atoms with Gasteiger partial charge >= 0.3 is 5.76 Å². The van der Waals surface area contributed by atoms with E-state index in [4.69, 9.17) is 4.74 Å². The average molecular weight is 359 g/mol. The number of amides is 1. The maximum atomic E-state index is 12.8. The van der Waals surface area contributed by atoms with Crippen molar-refractivity contribution >= 4 is 17.1 Å². The molecule has 2 aliphatic heterocycles. The number of benzene rings is 1. The van der Waals surface area contributed by atoms with Crippen LogP contribution in [0.5, 0.6) is 5.75 Å². The molecule has 2 heterocycles. The lowest BCUT2D eigenvalue weighted by atomic mass is 9.85. The Labute approximate surface area is 141 Å². The quantitative estimate of drug-likeness (QED) is 0.840. The second-order valence-corrected chi connectivity index (χ2v) is 7.97. The minimum absolute atomic E-state index is 0.0455. The SMILES string of the molecule is CC1(C)Oc2ccc([S+]([O-])C(F)F)cc2[C@@H](N2CCCC2=O)[C@@H]1O. The Hall–Kier alpha value is -1.38. The fourth-order valence-corrected chi connectivity index (χ4v) is 3.93. The van der Waals surface area contributed by atoms with Crippen molar-refractivity contribution in [1.82, 2.24) is 4.90 Å². The zero-order valence-electron chi connectivity index (χ0n) is 13.4. The fourth-order valence-electron chi connectivity index (χ4n) is 3.27. The van der Waals surface area contributed by atoms with Gasteiger partial charge in [0.05, 0.1) is 17.2 Å². The fraction of sp³-hybridized carbons (Fsp3) is 0.562. The molecule has 0 radical (unpaired) electrons. The summed E-state index contributed by atoms with van der Waals surface area (Å²) in [6, 6.07) is 3.46. The molecule has 0 saturated carbocycles. The van der Waals surface area contributed by atoms with Crippen molar-refractivity contribution in [2.75, 3.05) is 6.54 Å². The molecule has 1 aromatic carbocycles. The highest BCUT2D eigenvalue weighted by Crippen LogP contribution is 2.45. The Morgan fingerprint density at radius 3 is 2.75 bits per heavy atom. The third-order valence-corrected chi connectivity index (χ3v) is 5.57. The third-order valence-electron chi connectivity index (χ3n) is 4.52. The van der Waals surface area contributed by atoms with Crippen LogP contribution in [-0.4, -0.2) is 44.5 Å². The van der Waals surface area contributed by atoms with Crippen LogP contribution in [0.15, 0.2) is 23.1 Å². The van der Waals surface area contributed by atoms with Crippen LogP contribution in [0.2, 0.25) is 0 Å². The van der Waals surface area contributed by atoms with Gasteiger partial charge in [-0.1, -0.05) is 0 Å². The highest BCUT2D eigenvalue weighted by atomic mass is 32.2. The number of nitrogens with zero attached hydrogens (tertiary/aromatic N) is 1. The van der Waals surface area contributed by atoms with Gasteiger partial charge in [0.15, 0.2) is 4.90 Å². The van der Waals surface area contributed by atoms with E-state index in [1.807, 2.05) is 0 Å². The maximum Gasteiger partial charge on any atom is 0.402 e. The summed E-state index contributed by atoms with van der Waals surface area (Å²) in [5.41, 5.74) is -0.521. The number of fused-ring (bicyclic) bond motifs is 1. The normalized spacial score (nSPS) is 27.1. The predicted molar refractivity (Wildman–Crippen MR) is 83.3 cm³/mol. The van der Waals surface area contributed by atoms with Gasteiger partial charge in [0.1, 0.15) is 17.5 Å². The predicted octanol–water partition coefficient (Wildman–Crippen LogP) is 2.21. The molecular weight excluding hydrogens is 340 g/mol. The number of hydrogen-bond donors (Lipinski definition) is 1. The standard InChI is InChI=1S/C16H19F2NO4S/c1-16(2)14(21)13(19-7-3-4-12(19)20)10-8-9(24(22)15(17)18)5-6-11(10)23-16/h5-6,8,13-15,21H,3-4,7H2,1-2H3/t13-,14+,24?/m1/s1. The lowest BCUT2D eigenvalue weighted by Crippen LogP contribution is -2.53. The number of alkyl halides is 2. The average Bonchev–Trinajstić information content (AvgIpc) is 2.93. The van der Waals surface area contributed by atoms with Crippen LogP contribution < -0.4 is 4.74 Å². The van der Waals surface area contributed by atoms with Gasteiger partial charge in [-0.25, -0.2) is 0 Å². The van der Waals surface area contributed by atoms with Gasteiger partial charge in [-0.05, 0) is 32.4 Å². The van der Waals surface area contributed by atoms with E-state index in [1.54, 1.807) is 18.7 Å². The highest BCUT2D eigenvalue weighted by Gasteiger charge is 2.48. The monoisotopic (exact) mass is 359 g/mol. The molecular formula is C16H19F2NO4S. The molecule has 132 valence electrons. The zero-order valence-corrected chi connectivity index (χ0v) is 14.2. The first kappa shape index (κ1) is 17.4. The number of ether oxygens (including phenoxy) is 1. The van der Waals surface area contributed by atoms with Crippen LogP contribution in [0.1, 0.15) is 38.3 Å². The van der Waals surface area contributed by atoms with Crippen molar-refractivity contribution in [3.05, 3.63) is 23.8 Å². The van der Waals surface area contributed by atoms with Gasteiger partial charge in [0, 0.05) is 24.6 Å². The van der Waals surface area contributed by atoms with Gasteiger partial charge in [-0.3, -0.25) is 4.79 Å². The van der Waals surface area contributed by atoms with E-state index >= 15 is 0 Å². The summed E-state index contributed by atoms with van der Waals surface area (Å²) in [5.74, 6) is -2.69. The molecule has 1 N–H and O–H groups in total. The van der Waals surface area contributed by atoms with E-state index in [0.29, 0.717) is 30.7 Å². The number of carbonyl (C=O) groups excluding carboxylic acids is 1. The van der Waals surface area contributed by atoms with Gasteiger partial charge in [0.2, 0.25) is 5.91 Å². The van der Waals surface area contributed by atoms with E-state index in [9.17, 15) is 23.2 Å². The molecule has 1 saturated heterocycles. The molecule has 5 nitrogen and oxygen atoms in total. The highest BCUT2D eigenvalue weighted by molar-refractivity contribution is 7.91. The number of rotatable bonds is 3. The maximum absolute atomic E-state index is 12.8. The Bertz CT molecular complexity index is 655. The van der Waals surface area contributed by atoms with Crippen molar-refractivity contribution in [3.8, 4) is 5.75 Å². The Morgan fingerprint density at radius 2 is 2.17 bits per heavy atom. The summed E-state index contributed by atoms with van der Waals surface area (Å²) in [6.07, 6.45) is 0.0476. The first-order valence-electron chi connectivity index (χ1n) is 7.71. The van der Waals surface area contributed by atoms with Crippen molar-refractivity contribution in [3.63, 3.8) is 0 Å². The van der Waals surface area contributed by atoms with E-state index in [-0.39, 0.29) is 10.8 Å². The first-order valence-corrected chi connectivity index (χ1v) is 8.93. The summed E-state index contributed by atoms with van der Waals surface area (Å²) < 4.78 is 43.0. The van der Waals surface area contributed by atoms with Crippen LogP contribution in [0.3, 0.4) is 0 Å². The summed E-state index contributed by atoms with van der Waals surface area (Å²) >= 11 is -2.46. The topological polar surface area (TPSA) is 72.8 Å². The summed E-state index contributed by atoms with van der Waals surface area (Å²) in [4.78, 5) is 13.7. The summed E-state index contributed by atoms with van der Waals surface area (Å²) in [5, 5.41) is 10.7. The number of likely N-dealkylation sites (tertiary alicyclic amines) is 1. The van der Waals surface area contributed by atoms with E-state index in [0.717, 1.165) is 0 Å². The molecule has 24 heavy (non-hydrogen) atoms. The number of aliphatic hydroxyl groups is 1. The number of aliphatic hydroxyl groups excluding tert-OH is 1. The van der Waals surface area contributed by atoms with Crippen LogP contribution in [0.25, 0.3) is 0 Å². The number of hydrogen-bond acceptors (Lipinski definition) is 4.